The SMILES string of the molecule is COC(=O)c1ccccc1/C=C\c1cccc([N+](=O)[O-])c1. The fraction of sp³-hybridized carbons (Fsp3) is 0.0625. The number of carbonyl (C=O) groups excluding carboxylic acids is 1. The molecule has 0 saturated heterocycles. The number of carbonyl (C=O) groups is 1. The van der Waals surface area contributed by atoms with Gasteiger partial charge in [-0.05, 0) is 17.2 Å². The highest BCUT2D eigenvalue weighted by atomic mass is 16.6. The minimum atomic E-state index is -0.445. The van der Waals surface area contributed by atoms with Gasteiger partial charge >= 0.3 is 5.97 Å². The molecule has 0 aliphatic rings. The molecular formula is C16H13NO4. The Morgan fingerprint density at radius 2 is 1.90 bits per heavy atom. The first-order valence-electron chi connectivity index (χ1n) is 6.21. The summed E-state index contributed by atoms with van der Waals surface area (Å²) in [7, 11) is 1.32. The van der Waals surface area contributed by atoms with Gasteiger partial charge in [-0.25, -0.2) is 4.79 Å². The second kappa shape index (κ2) is 6.47. The Hall–Kier alpha value is -2.95. The number of methoxy groups -OCH3 is 1. The normalized spacial score (nSPS) is 10.5. The van der Waals surface area contributed by atoms with Crippen LogP contribution in [0.15, 0.2) is 48.5 Å². The van der Waals surface area contributed by atoms with Crippen LogP contribution in [0.2, 0.25) is 0 Å². The van der Waals surface area contributed by atoms with E-state index in [-0.39, 0.29) is 5.69 Å². The van der Waals surface area contributed by atoms with Crippen LogP contribution in [0.3, 0.4) is 0 Å². The van der Waals surface area contributed by atoms with Crippen LogP contribution >= 0.6 is 0 Å². The summed E-state index contributed by atoms with van der Waals surface area (Å²) in [6.45, 7) is 0. The first kappa shape index (κ1) is 14.5. The Kier molecular flexibility index (Phi) is 4.46. The van der Waals surface area contributed by atoms with Crippen LogP contribution in [0, 0.1) is 10.1 Å². The Morgan fingerprint density at radius 3 is 2.62 bits per heavy atom. The van der Waals surface area contributed by atoms with E-state index in [1.807, 2.05) is 0 Å². The summed E-state index contributed by atoms with van der Waals surface area (Å²) in [5.74, 6) is -0.422. The Morgan fingerprint density at radius 1 is 1.14 bits per heavy atom. The number of benzene rings is 2. The molecule has 21 heavy (non-hydrogen) atoms. The number of hydrogen-bond acceptors (Lipinski definition) is 4. The van der Waals surface area contributed by atoms with E-state index in [1.54, 1.807) is 48.6 Å². The van der Waals surface area contributed by atoms with E-state index < -0.39 is 10.9 Å². The molecule has 0 aromatic heterocycles. The van der Waals surface area contributed by atoms with Crippen molar-refractivity contribution in [3.05, 3.63) is 75.3 Å². The Bertz CT molecular complexity index is 707. The van der Waals surface area contributed by atoms with Gasteiger partial charge in [0.1, 0.15) is 0 Å². The van der Waals surface area contributed by atoms with E-state index in [0.717, 1.165) is 0 Å². The maximum Gasteiger partial charge on any atom is 0.338 e. The zero-order valence-electron chi connectivity index (χ0n) is 11.4. The van der Waals surface area contributed by atoms with Crippen molar-refractivity contribution in [2.24, 2.45) is 0 Å². The number of hydrogen-bond donors (Lipinski definition) is 0. The molecule has 2 aromatic rings. The van der Waals surface area contributed by atoms with Gasteiger partial charge in [0.2, 0.25) is 0 Å². The molecule has 0 bridgehead atoms. The summed E-state index contributed by atoms with van der Waals surface area (Å²) in [5, 5.41) is 10.7. The highest BCUT2D eigenvalue weighted by molar-refractivity contribution is 5.94. The molecule has 0 N–H and O–H groups in total. The molecule has 0 aliphatic carbocycles. The number of ether oxygens (including phenoxy) is 1. The molecule has 0 aliphatic heterocycles. The monoisotopic (exact) mass is 283 g/mol. The minimum absolute atomic E-state index is 0.0263. The summed E-state index contributed by atoms with van der Waals surface area (Å²) < 4.78 is 4.72. The maximum absolute atomic E-state index is 11.6. The molecule has 0 saturated carbocycles. The second-order valence-electron chi connectivity index (χ2n) is 4.26. The number of rotatable bonds is 4. The zero-order valence-corrected chi connectivity index (χ0v) is 11.4. The van der Waals surface area contributed by atoms with Gasteiger partial charge in [-0.15, -0.1) is 0 Å². The summed E-state index contributed by atoms with van der Waals surface area (Å²) in [6, 6.07) is 13.3. The molecule has 5 nitrogen and oxygen atoms in total. The van der Waals surface area contributed by atoms with E-state index in [1.165, 1.54) is 19.2 Å². The van der Waals surface area contributed by atoms with Crippen molar-refractivity contribution in [2.75, 3.05) is 7.11 Å². The van der Waals surface area contributed by atoms with E-state index >= 15 is 0 Å². The van der Waals surface area contributed by atoms with Gasteiger partial charge in [-0.2, -0.15) is 0 Å². The highest BCUT2D eigenvalue weighted by Crippen LogP contribution is 2.17. The fourth-order valence-corrected chi connectivity index (χ4v) is 1.87. The number of nitro benzene ring substituents is 1. The first-order valence-corrected chi connectivity index (χ1v) is 6.21. The molecule has 0 unspecified atom stereocenters. The molecular weight excluding hydrogens is 270 g/mol. The highest BCUT2D eigenvalue weighted by Gasteiger charge is 2.08. The first-order chi connectivity index (χ1) is 10.1. The summed E-state index contributed by atoms with van der Waals surface area (Å²) in [5.41, 5.74) is 1.85. The average molecular weight is 283 g/mol. The largest absolute Gasteiger partial charge is 0.465 e. The number of esters is 1. The quantitative estimate of drug-likeness (QED) is 0.372. The minimum Gasteiger partial charge on any atom is -0.465 e. The van der Waals surface area contributed by atoms with E-state index in [2.05, 4.69) is 0 Å². The third-order valence-corrected chi connectivity index (χ3v) is 2.90. The van der Waals surface area contributed by atoms with Crippen molar-refractivity contribution in [3.8, 4) is 0 Å². The molecule has 5 heteroatoms. The van der Waals surface area contributed by atoms with Crippen molar-refractivity contribution < 1.29 is 14.5 Å². The van der Waals surface area contributed by atoms with Crippen LogP contribution in [-0.4, -0.2) is 18.0 Å². The molecule has 0 atom stereocenters. The summed E-state index contributed by atoms with van der Waals surface area (Å²) in [4.78, 5) is 21.9. The lowest BCUT2D eigenvalue weighted by Gasteiger charge is -2.03. The fourth-order valence-electron chi connectivity index (χ4n) is 1.87. The zero-order chi connectivity index (χ0) is 15.2. The van der Waals surface area contributed by atoms with Gasteiger partial charge in [-0.3, -0.25) is 10.1 Å². The molecule has 106 valence electrons. The molecule has 2 aromatic carbocycles. The van der Waals surface area contributed by atoms with Crippen LogP contribution in [0.4, 0.5) is 5.69 Å². The molecule has 0 heterocycles. The molecule has 0 amide bonds. The molecule has 2 rings (SSSR count). The Balaban J connectivity index is 2.32. The lowest BCUT2D eigenvalue weighted by Crippen LogP contribution is -2.02. The molecule has 0 spiro atoms. The third-order valence-electron chi connectivity index (χ3n) is 2.90. The third kappa shape index (κ3) is 3.54. The second-order valence-corrected chi connectivity index (χ2v) is 4.26. The van der Waals surface area contributed by atoms with Gasteiger partial charge in [0.05, 0.1) is 17.6 Å². The van der Waals surface area contributed by atoms with E-state index in [0.29, 0.717) is 16.7 Å². The predicted molar refractivity (Wildman–Crippen MR) is 79.8 cm³/mol. The lowest BCUT2D eigenvalue weighted by atomic mass is 10.1. The lowest BCUT2D eigenvalue weighted by molar-refractivity contribution is -0.384. The van der Waals surface area contributed by atoms with Crippen LogP contribution in [0.5, 0.6) is 0 Å². The van der Waals surface area contributed by atoms with E-state index in [4.69, 9.17) is 4.74 Å². The topological polar surface area (TPSA) is 69.4 Å². The van der Waals surface area contributed by atoms with Gasteiger partial charge < -0.3 is 4.74 Å². The van der Waals surface area contributed by atoms with Crippen molar-refractivity contribution in [1.29, 1.82) is 0 Å². The summed E-state index contributed by atoms with van der Waals surface area (Å²) in [6.07, 6.45) is 3.44. The smallest absolute Gasteiger partial charge is 0.338 e. The van der Waals surface area contributed by atoms with Gasteiger partial charge in [0.25, 0.3) is 5.69 Å². The maximum atomic E-state index is 11.6. The van der Waals surface area contributed by atoms with Crippen molar-refractivity contribution >= 4 is 23.8 Å². The van der Waals surface area contributed by atoms with Gasteiger partial charge in [0, 0.05) is 12.1 Å². The van der Waals surface area contributed by atoms with Gasteiger partial charge in [0.15, 0.2) is 0 Å². The van der Waals surface area contributed by atoms with Crippen LogP contribution in [0.1, 0.15) is 21.5 Å². The number of non-ortho nitro benzene ring substituents is 1. The molecule has 0 fully saturated rings. The van der Waals surface area contributed by atoms with Crippen molar-refractivity contribution in [2.45, 2.75) is 0 Å². The molecule has 0 radical (unpaired) electrons. The number of nitro groups is 1. The van der Waals surface area contributed by atoms with Crippen LogP contribution in [-0.2, 0) is 4.74 Å². The van der Waals surface area contributed by atoms with Crippen LogP contribution < -0.4 is 0 Å². The summed E-state index contributed by atoms with van der Waals surface area (Å²) >= 11 is 0. The van der Waals surface area contributed by atoms with E-state index in [9.17, 15) is 14.9 Å². The standard InChI is InChI=1S/C16H13NO4/c1-21-16(18)15-8-3-2-6-13(15)10-9-12-5-4-7-14(11-12)17(19)20/h2-11H,1H3/b10-9-. The Labute approximate surface area is 121 Å². The van der Waals surface area contributed by atoms with Crippen molar-refractivity contribution in [1.82, 2.24) is 0 Å². The number of nitrogens with zero attached hydrogens (tertiary/aromatic N) is 1. The van der Waals surface area contributed by atoms with Crippen molar-refractivity contribution in [3.63, 3.8) is 0 Å². The van der Waals surface area contributed by atoms with Gasteiger partial charge in [-0.1, -0.05) is 42.5 Å². The predicted octanol–water partition coefficient (Wildman–Crippen LogP) is 3.55. The van der Waals surface area contributed by atoms with Crippen LogP contribution in [0.25, 0.3) is 12.2 Å². The average Bonchev–Trinajstić information content (AvgIpc) is 2.52.